The van der Waals surface area contributed by atoms with Crippen LogP contribution >= 0.6 is 0 Å². The van der Waals surface area contributed by atoms with Gasteiger partial charge in [-0.05, 0) is 18.2 Å². The van der Waals surface area contributed by atoms with Crippen LogP contribution in [-0.2, 0) is 27.5 Å². The van der Waals surface area contributed by atoms with E-state index in [9.17, 15) is 19.7 Å². The number of rotatable bonds is 7. The second kappa shape index (κ2) is 8.82. The number of nitrogens with zero attached hydrogens (tertiary/aromatic N) is 1. The highest BCUT2D eigenvalue weighted by molar-refractivity contribution is 5.94. The second-order valence-electron chi connectivity index (χ2n) is 5.80. The number of nitro groups is 1. The predicted molar refractivity (Wildman–Crippen MR) is 96.0 cm³/mol. The van der Waals surface area contributed by atoms with E-state index in [1.807, 2.05) is 0 Å². The minimum Gasteiger partial charge on any atom is -0.467 e. The molecule has 10 nitrogen and oxygen atoms in total. The molecule has 10 heteroatoms. The van der Waals surface area contributed by atoms with Gasteiger partial charge in [-0.15, -0.1) is 0 Å². The highest BCUT2D eigenvalue weighted by atomic mass is 16.7. The smallest absolute Gasteiger partial charge is 0.270 e. The van der Waals surface area contributed by atoms with Crippen molar-refractivity contribution in [1.29, 1.82) is 0 Å². The van der Waals surface area contributed by atoms with Gasteiger partial charge in [0, 0.05) is 29.3 Å². The predicted octanol–water partition coefficient (Wildman–Crippen LogP) is 1.50. The molecule has 2 N–H and O–H groups in total. The summed E-state index contributed by atoms with van der Waals surface area (Å²) in [6.07, 6.45) is 4.07. The Morgan fingerprint density at radius 3 is 2.89 bits per heavy atom. The maximum Gasteiger partial charge on any atom is 0.270 e. The molecule has 146 valence electrons. The fourth-order valence-corrected chi connectivity index (χ4v) is 2.51. The van der Waals surface area contributed by atoms with Crippen molar-refractivity contribution in [3.63, 3.8) is 0 Å². The largest absolute Gasteiger partial charge is 0.467 e. The van der Waals surface area contributed by atoms with E-state index in [1.54, 1.807) is 12.1 Å². The molecule has 0 atom stereocenters. The van der Waals surface area contributed by atoms with Crippen LogP contribution in [0.2, 0.25) is 0 Å². The maximum absolute atomic E-state index is 11.9. The molecule has 2 aromatic rings. The molecular formula is C18H17N3O7. The van der Waals surface area contributed by atoms with Crippen LogP contribution < -0.4 is 15.4 Å². The van der Waals surface area contributed by atoms with Crippen molar-refractivity contribution < 1.29 is 28.4 Å². The highest BCUT2D eigenvalue weighted by Crippen LogP contribution is 2.33. The highest BCUT2D eigenvalue weighted by Gasteiger charge is 2.19. The monoisotopic (exact) mass is 387 g/mol. The number of benzene rings is 1. The SMILES string of the molecule is O=C(/C=C/c1cc([N+](=O)[O-])cc2c1OCOC2)NCC(=O)NCc1ccco1. The molecule has 0 aliphatic carbocycles. The summed E-state index contributed by atoms with van der Waals surface area (Å²) in [6, 6.07) is 6.10. The average Bonchev–Trinajstić information content (AvgIpc) is 3.22. The fourth-order valence-electron chi connectivity index (χ4n) is 2.51. The van der Waals surface area contributed by atoms with E-state index in [2.05, 4.69) is 10.6 Å². The van der Waals surface area contributed by atoms with Crippen molar-refractivity contribution in [2.24, 2.45) is 0 Å². The topological polar surface area (TPSA) is 133 Å². The number of ether oxygens (including phenoxy) is 2. The number of fused-ring (bicyclic) bond motifs is 1. The number of hydrogen-bond donors (Lipinski definition) is 2. The van der Waals surface area contributed by atoms with Crippen molar-refractivity contribution in [2.75, 3.05) is 13.3 Å². The molecule has 3 rings (SSSR count). The number of amides is 2. The molecule has 1 aromatic heterocycles. The molecule has 0 spiro atoms. The first-order chi connectivity index (χ1) is 13.5. The summed E-state index contributed by atoms with van der Waals surface area (Å²) in [6.45, 7) is 0.200. The van der Waals surface area contributed by atoms with Crippen molar-refractivity contribution in [2.45, 2.75) is 13.2 Å². The van der Waals surface area contributed by atoms with Crippen LogP contribution in [0.3, 0.4) is 0 Å². The summed E-state index contributed by atoms with van der Waals surface area (Å²) >= 11 is 0. The lowest BCUT2D eigenvalue weighted by molar-refractivity contribution is -0.385. The summed E-state index contributed by atoms with van der Waals surface area (Å²) in [5.41, 5.74) is 0.771. The lowest BCUT2D eigenvalue weighted by Gasteiger charge is -2.19. The first-order valence-electron chi connectivity index (χ1n) is 8.30. The van der Waals surface area contributed by atoms with Crippen molar-refractivity contribution >= 4 is 23.6 Å². The van der Waals surface area contributed by atoms with Crippen LogP contribution in [0, 0.1) is 10.1 Å². The summed E-state index contributed by atoms with van der Waals surface area (Å²) in [7, 11) is 0. The third-order valence-electron chi connectivity index (χ3n) is 3.81. The van der Waals surface area contributed by atoms with Crippen molar-refractivity contribution in [3.8, 4) is 5.75 Å². The normalized spacial score (nSPS) is 12.9. The van der Waals surface area contributed by atoms with E-state index in [0.29, 0.717) is 22.6 Å². The molecule has 0 unspecified atom stereocenters. The van der Waals surface area contributed by atoms with Gasteiger partial charge < -0.3 is 24.5 Å². The molecule has 28 heavy (non-hydrogen) atoms. The van der Waals surface area contributed by atoms with Crippen molar-refractivity contribution in [3.05, 3.63) is 63.6 Å². The standard InChI is InChI=1S/C18H17N3O7/c22-16(20-9-17(23)19-8-15-2-1-5-27-15)4-3-12-6-14(21(24)25)7-13-10-26-11-28-18(12)13/h1-7H,8-11H2,(H,19,23)(H,20,22)/b4-3+. The van der Waals surface area contributed by atoms with Gasteiger partial charge >= 0.3 is 0 Å². The van der Waals surface area contributed by atoms with Crippen LogP contribution in [-0.4, -0.2) is 30.1 Å². The Morgan fingerprint density at radius 1 is 1.29 bits per heavy atom. The summed E-state index contributed by atoms with van der Waals surface area (Å²) in [4.78, 5) is 34.2. The van der Waals surface area contributed by atoms with Gasteiger partial charge in [-0.25, -0.2) is 0 Å². The zero-order valence-electron chi connectivity index (χ0n) is 14.7. The minimum atomic E-state index is -0.532. The van der Waals surface area contributed by atoms with E-state index in [1.165, 1.54) is 30.5 Å². The first kappa shape index (κ1) is 19.1. The van der Waals surface area contributed by atoms with E-state index >= 15 is 0 Å². The Labute approximate surface area is 159 Å². The van der Waals surface area contributed by atoms with E-state index in [-0.39, 0.29) is 38.1 Å². The summed E-state index contributed by atoms with van der Waals surface area (Å²) in [5, 5.41) is 16.1. The van der Waals surface area contributed by atoms with Gasteiger partial charge in [0.25, 0.3) is 5.69 Å². The molecule has 1 aliphatic heterocycles. The van der Waals surface area contributed by atoms with Gasteiger partial charge in [0.15, 0.2) is 6.79 Å². The number of nitrogens with one attached hydrogen (secondary N) is 2. The first-order valence-corrected chi connectivity index (χ1v) is 8.30. The fraction of sp³-hybridized carbons (Fsp3) is 0.222. The van der Waals surface area contributed by atoms with Gasteiger partial charge in [0.05, 0.1) is 30.9 Å². The number of non-ortho nitro benzene ring substituents is 1. The number of nitro benzene ring substituents is 1. The van der Waals surface area contributed by atoms with Crippen molar-refractivity contribution in [1.82, 2.24) is 10.6 Å². The van der Waals surface area contributed by atoms with Gasteiger partial charge in [-0.1, -0.05) is 0 Å². The van der Waals surface area contributed by atoms with E-state index in [4.69, 9.17) is 13.9 Å². The Hall–Kier alpha value is -3.66. The van der Waals surface area contributed by atoms with Crippen LogP contribution in [0.4, 0.5) is 5.69 Å². The molecule has 0 bridgehead atoms. The molecular weight excluding hydrogens is 370 g/mol. The molecule has 0 fully saturated rings. The molecule has 2 heterocycles. The van der Waals surface area contributed by atoms with Gasteiger partial charge in [-0.3, -0.25) is 19.7 Å². The lowest BCUT2D eigenvalue weighted by Crippen LogP contribution is -2.35. The number of furan rings is 1. The Kier molecular flexibility index (Phi) is 6.02. The second-order valence-corrected chi connectivity index (χ2v) is 5.80. The van der Waals surface area contributed by atoms with Crippen LogP contribution in [0.5, 0.6) is 5.75 Å². The Balaban J connectivity index is 1.58. The third-order valence-corrected chi connectivity index (χ3v) is 3.81. The number of hydrogen-bond acceptors (Lipinski definition) is 7. The van der Waals surface area contributed by atoms with Gasteiger partial charge in [0.2, 0.25) is 11.8 Å². The molecule has 0 saturated heterocycles. The summed E-state index contributed by atoms with van der Waals surface area (Å²) < 4.78 is 15.6. The van der Waals surface area contributed by atoms with E-state index < -0.39 is 10.8 Å². The maximum atomic E-state index is 11.9. The Morgan fingerprint density at radius 2 is 2.14 bits per heavy atom. The third kappa shape index (κ3) is 4.95. The molecule has 1 aromatic carbocycles. The zero-order chi connectivity index (χ0) is 19.9. The van der Waals surface area contributed by atoms with Gasteiger partial charge in [-0.2, -0.15) is 0 Å². The molecule has 0 radical (unpaired) electrons. The molecule has 0 saturated carbocycles. The summed E-state index contributed by atoms with van der Waals surface area (Å²) in [5.74, 6) is 0.114. The minimum absolute atomic E-state index is 0.0215. The van der Waals surface area contributed by atoms with E-state index in [0.717, 1.165) is 0 Å². The quantitative estimate of drug-likeness (QED) is 0.418. The van der Waals surface area contributed by atoms with Crippen LogP contribution in [0.25, 0.3) is 6.08 Å². The molecule has 1 aliphatic rings. The van der Waals surface area contributed by atoms with Crippen LogP contribution in [0.15, 0.2) is 41.0 Å². The average molecular weight is 387 g/mol. The van der Waals surface area contributed by atoms with Crippen LogP contribution in [0.1, 0.15) is 16.9 Å². The number of carbonyl (C=O) groups excluding carboxylic acids is 2. The lowest BCUT2D eigenvalue weighted by atomic mass is 10.1. The Bertz CT molecular complexity index is 906. The molecule has 2 amide bonds. The van der Waals surface area contributed by atoms with Gasteiger partial charge in [0.1, 0.15) is 11.5 Å². The number of carbonyl (C=O) groups is 2. The zero-order valence-corrected chi connectivity index (χ0v) is 14.7.